The van der Waals surface area contributed by atoms with Gasteiger partial charge in [0, 0.05) is 16.7 Å². The maximum Gasteiger partial charge on any atom is 0.145 e. The minimum Gasteiger partial charge on any atom is -0.291 e. The molecule has 0 spiro atoms. The van der Waals surface area contributed by atoms with Crippen LogP contribution in [0, 0.1) is 0 Å². The van der Waals surface area contributed by atoms with Crippen molar-refractivity contribution in [3.8, 4) is 61.6 Å². The highest BCUT2D eigenvalue weighted by Gasteiger charge is 2.25. The Morgan fingerprint density at radius 1 is 0.314 bits per heavy atom. The number of imidazole rings is 1. The van der Waals surface area contributed by atoms with E-state index in [0.717, 1.165) is 28.1 Å². The van der Waals surface area contributed by atoms with Gasteiger partial charge in [-0.05, 0) is 90.0 Å². The first-order chi connectivity index (χ1) is 25.3. The molecule has 51 heavy (non-hydrogen) atoms. The van der Waals surface area contributed by atoms with E-state index in [1.54, 1.807) is 0 Å². The number of hydrogen-bond donors (Lipinski definition) is 0. The minimum absolute atomic E-state index is 0.953. The van der Waals surface area contributed by atoms with Gasteiger partial charge in [-0.15, -0.1) is 0 Å². The molecule has 236 valence electrons. The van der Waals surface area contributed by atoms with E-state index in [4.69, 9.17) is 4.98 Å². The van der Waals surface area contributed by atoms with Gasteiger partial charge in [-0.2, -0.15) is 0 Å². The highest BCUT2D eigenvalue weighted by atomic mass is 15.1. The molecule has 2 nitrogen and oxygen atoms in total. The van der Waals surface area contributed by atoms with Crippen molar-refractivity contribution in [1.82, 2.24) is 9.55 Å². The summed E-state index contributed by atoms with van der Waals surface area (Å²) in [5, 5.41) is 7.77. The van der Waals surface area contributed by atoms with E-state index >= 15 is 0 Å². The van der Waals surface area contributed by atoms with Crippen LogP contribution in [0.2, 0.25) is 0 Å². The van der Waals surface area contributed by atoms with Gasteiger partial charge in [0.1, 0.15) is 5.82 Å². The maximum absolute atomic E-state index is 5.25. The molecule has 0 aliphatic carbocycles. The average molecular weight is 647 g/mol. The van der Waals surface area contributed by atoms with Crippen LogP contribution < -0.4 is 0 Å². The van der Waals surface area contributed by atoms with E-state index in [-0.39, 0.29) is 0 Å². The predicted octanol–water partition coefficient (Wildman–Crippen LogP) is 13.1. The van der Waals surface area contributed by atoms with Gasteiger partial charge in [0.15, 0.2) is 0 Å². The van der Waals surface area contributed by atoms with Crippen LogP contribution >= 0.6 is 0 Å². The standard InChI is InChI=1S/C49H30N2/c1-2-15-38-36(13-1)37-14-3-6-18-41(37)45-30-35(27-28-42(38)45)34-12-9-11-33(29-34)31-23-25-32(26-24-31)49-50-46-21-10-20-44-40-17-5-4-16-39(40)43-19-7-8-22-47(43)51(49)48(44)46/h1-30H. The van der Waals surface area contributed by atoms with Crippen LogP contribution in [-0.2, 0) is 0 Å². The summed E-state index contributed by atoms with van der Waals surface area (Å²) in [6.07, 6.45) is 0. The molecular weight excluding hydrogens is 617 g/mol. The first-order valence-corrected chi connectivity index (χ1v) is 17.6. The summed E-state index contributed by atoms with van der Waals surface area (Å²) in [5.74, 6) is 0.953. The second-order valence-electron chi connectivity index (χ2n) is 13.5. The molecule has 1 aliphatic rings. The first-order valence-electron chi connectivity index (χ1n) is 17.6. The van der Waals surface area contributed by atoms with Gasteiger partial charge in [-0.25, -0.2) is 4.98 Å². The summed E-state index contributed by atoms with van der Waals surface area (Å²) in [7, 11) is 0. The zero-order chi connectivity index (χ0) is 33.5. The fourth-order valence-corrected chi connectivity index (χ4v) is 8.40. The van der Waals surface area contributed by atoms with Crippen LogP contribution in [0.4, 0.5) is 0 Å². The number of fused-ring (bicyclic) bond motifs is 11. The second-order valence-corrected chi connectivity index (χ2v) is 13.5. The van der Waals surface area contributed by atoms with Crippen LogP contribution in [0.15, 0.2) is 182 Å². The Labute approximate surface area is 295 Å². The molecule has 1 aliphatic heterocycles. The number of rotatable bonds is 3. The van der Waals surface area contributed by atoms with Crippen molar-refractivity contribution in [2.24, 2.45) is 0 Å². The van der Waals surface area contributed by atoms with Gasteiger partial charge in [0.25, 0.3) is 0 Å². The van der Waals surface area contributed by atoms with Gasteiger partial charge in [0.05, 0.1) is 16.7 Å². The Balaban J connectivity index is 1.01. The third-order valence-corrected chi connectivity index (χ3v) is 10.7. The summed E-state index contributed by atoms with van der Waals surface area (Å²) in [6.45, 7) is 0. The lowest BCUT2D eigenvalue weighted by Crippen LogP contribution is -1.99. The normalized spacial score (nSPS) is 11.9. The van der Waals surface area contributed by atoms with E-state index in [2.05, 4.69) is 187 Å². The predicted molar refractivity (Wildman–Crippen MR) is 214 cm³/mol. The molecule has 0 unspecified atom stereocenters. The Bertz CT molecular complexity index is 2980. The molecular formula is C49H30N2. The smallest absolute Gasteiger partial charge is 0.145 e. The van der Waals surface area contributed by atoms with Gasteiger partial charge < -0.3 is 0 Å². The minimum atomic E-state index is 0.953. The van der Waals surface area contributed by atoms with Gasteiger partial charge in [0.2, 0.25) is 0 Å². The zero-order valence-electron chi connectivity index (χ0n) is 27.7. The average Bonchev–Trinajstić information content (AvgIpc) is 3.55. The summed E-state index contributed by atoms with van der Waals surface area (Å²) < 4.78 is 2.36. The third kappa shape index (κ3) is 4.20. The summed E-state index contributed by atoms with van der Waals surface area (Å²) in [4.78, 5) is 5.25. The van der Waals surface area contributed by atoms with E-state index in [1.165, 1.54) is 76.8 Å². The molecule has 0 radical (unpaired) electrons. The topological polar surface area (TPSA) is 17.8 Å². The Hall–Kier alpha value is -6.77. The van der Waals surface area contributed by atoms with Crippen LogP contribution in [0.25, 0.3) is 105 Å². The van der Waals surface area contributed by atoms with Gasteiger partial charge in [-0.1, -0.05) is 158 Å². The van der Waals surface area contributed by atoms with Crippen molar-refractivity contribution >= 4 is 43.4 Å². The number of hydrogen-bond acceptors (Lipinski definition) is 1. The maximum atomic E-state index is 5.25. The number of para-hydroxylation sites is 2. The zero-order valence-corrected chi connectivity index (χ0v) is 27.7. The molecule has 10 aromatic rings. The quantitative estimate of drug-likeness (QED) is 0.175. The third-order valence-electron chi connectivity index (χ3n) is 10.7. The van der Waals surface area contributed by atoms with Crippen molar-refractivity contribution in [2.75, 3.05) is 0 Å². The number of nitrogens with zero attached hydrogens (tertiary/aromatic N) is 2. The highest BCUT2D eigenvalue weighted by molar-refractivity contribution is 6.25. The Morgan fingerprint density at radius 2 is 0.804 bits per heavy atom. The lowest BCUT2D eigenvalue weighted by atomic mass is 9.91. The molecule has 2 heteroatoms. The second kappa shape index (κ2) is 10.9. The monoisotopic (exact) mass is 646 g/mol. The lowest BCUT2D eigenvalue weighted by molar-refractivity contribution is 1.11. The Kier molecular flexibility index (Phi) is 5.99. The highest BCUT2D eigenvalue weighted by Crippen LogP contribution is 2.45. The summed E-state index contributed by atoms with van der Waals surface area (Å²) in [6, 6.07) is 66.2. The molecule has 0 amide bonds. The molecule has 0 saturated carbocycles. The van der Waals surface area contributed by atoms with Crippen molar-refractivity contribution < 1.29 is 0 Å². The van der Waals surface area contributed by atoms with Crippen LogP contribution in [0.5, 0.6) is 0 Å². The van der Waals surface area contributed by atoms with Gasteiger partial charge in [-0.3, -0.25) is 4.57 Å². The first kappa shape index (κ1) is 28.1. The van der Waals surface area contributed by atoms with Gasteiger partial charge >= 0.3 is 0 Å². The van der Waals surface area contributed by atoms with Crippen LogP contribution in [0.3, 0.4) is 0 Å². The van der Waals surface area contributed by atoms with Crippen molar-refractivity contribution in [1.29, 1.82) is 0 Å². The molecule has 11 rings (SSSR count). The molecule has 0 N–H and O–H groups in total. The van der Waals surface area contributed by atoms with Crippen LogP contribution in [-0.4, -0.2) is 9.55 Å². The lowest BCUT2D eigenvalue weighted by Gasteiger charge is -2.14. The fourth-order valence-electron chi connectivity index (χ4n) is 8.40. The molecule has 0 atom stereocenters. The Morgan fingerprint density at radius 3 is 1.53 bits per heavy atom. The fraction of sp³-hybridized carbons (Fsp3) is 0. The van der Waals surface area contributed by atoms with E-state index in [0.29, 0.717) is 0 Å². The number of aromatic nitrogens is 2. The van der Waals surface area contributed by atoms with E-state index < -0.39 is 0 Å². The van der Waals surface area contributed by atoms with Crippen molar-refractivity contribution in [3.63, 3.8) is 0 Å². The van der Waals surface area contributed by atoms with Crippen LogP contribution in [0.1, 0.15) is 0 Å². The molecule has 2 heterocycles. The molecule has 9 aromatic carbocycles. The van der Waals surface area contributed by atoms with Crippen molar-refractivity contribution in [3.05, 3.63) is 182 Å². The number of benzene rings is 9. The summed E-state index contributed by atoms with van der Waals surface area (Å²) in [5.41, 5.74) is 14.1. The molecule has 1 aromatic heterocycles. The molecule has 0 bridgehead atoms. The molecule has 0 fully saturated rings. The molecule has 0 saturated heterocycles. The summed E-state index contributed by atoms with van der Waals surface area (Å²) >= 11 is 0. The van der Waals surface area contributed by atoms with Crippen molar-refractivity contribution in [2.45, 2.75) is 0 Å². The SMILES string of the molecule is c1cc(-c2ccc(-c3nc4cccc5c4n3-c3ccccc3-c3ccccc3-5)cc2)cc(-c2ccc3c4ccccc4c4ccccc4c3c2)c1. The van der Waals surface area contributed by atoms with E-state index in [1.807, 2.05) is 0 Å². The largest absolute Gasteiger partial charge is 0.291 e. The van der Waals surface area contributed by atoms with E-state index in [9.17, 15) is 0 Å².